The number of aliphatic hydroxyl groups is 1. The fourth-order valence-corrected chi connectivity index (χ4v) is 2.44. The molecule has 22 heavy (non-hydrogen) atoms. The van der Waals surface area contributed by atoms with E-state index in [0.717, 1.165) is 25.0 Å². The lowest BCUT2D eigenvalue weighted by atomic mass is 9.96. The standard InChI is InChI=1S/C15H21FN2O4/c1-4-10(5-2)13(19)8-17-15(20)12-7-11(16)6-9(3)14(12)18(21)22/h6-7,10,13,19H,4-5,8H2,1-3H3,(H,17,20). The summed E-state index contributed by atoms with van der Waals surface area (Å²) in [5.74, 6) is -1.45. The zero-order chi connectivity index (χ0) is 16.9. The second kappa shape index (κ2) is 7.84. The van der Waals surface area contributed by atoms with E-state index in [9.17, 15) is 24.4 Å². The first kappa shape index (κ1) is 18.0. The van der Waals surface area contributed by atoms with Crippen LogP contribution in [0.5, 0.6) is 0 Å². The van der Waals surface area contributed by atoms with Crippen LogP contribution in [-0.4, -0.2) is 28.6 Å². The van der Waals surface area contributed by atoms with Gasteiger partial charge in [0.15, 0.2) is 0 Å². The molecule has 0 heterocycles. The van der Waals surface area contributed by atoms with E-state index in [1.54, 1.807) is 0 Å². The predicted molar refractivity (Wildman–Crippen MR) is 80.2 cm³/mol. The minimum absolute atomic E-state index is 0.0299. The molecule has 7 heteroatoms. The predicted octanol–water partition coefficient (Wildman–Crippen LogP) is 2.57. The number of hydrogen-bond donors (Lipinski definition) is 2. The summed E-state index contributed by atoms with van der Waals surface area (Å²) in [5, 5.41) is 23.5. The summed E-state index contributed by atoms with van der Waals surface area (Å²) in [7, 11) is 0. The Labute approximate surface area is 128 Å². The molecule has 1 rings (SSSR count). The highest BCUT2D eigenvalue weighted by atomic mass is 19.1. The molecule has 0 aliphatic rings. The number of aliphatic hydroxyl groups excluding tert-OH is 1. The van der Waals surface area contributed by atoms with Crippen molar-refractivity contribution >= 4 is 11.6 Å². The average Bonchev–Trinajstić information content (AvgIpc) is 2.44. The van der Waals surface area contributed by atoms with E-state index in [1.165, 1.54) is 6.92 Å². The second-order valence-corrected chi connectivity index (χ2v) is 5.23. The van der Waals surface area contributed by atoms with E-state index in [4.69, 9.17) is 0 Å². The maximum atomic E-state index is 13.4. The summed E-state index contributed by atoms with van der Waals surface area (Å²) >= 11 is 0. The molecule has 0 bridgehead atoms. The van der Waals surface area contributed by atoms with E-state index in [0.29, 0.717) is 0 Å². The lowest BCUT2D eigenvalue weighted by Gasteiger charge is -2.20. The Kier molecular flexibility index (Phi) is 6.42. The molecule has 0 aromatic heterocycles. The number of halogens is 1. The first-order valence-corrected chi connectivity index (χ1v) is 7.22. The van der Waals surface area contributed by atoms with Gasteiger partial charge in [0, 0.05) is 12.1 Å². The Morgan fingerprint density at radius 1 is 1.41 bits per heavy atom. The number of nitrogens with zero attached hydrogens (tertiary/aromatic N) is 1. The van der Waals surface area contributed by atoms with Crippen LogP contribution in [0.4, 0.5) is 10.1 Å². The molecular formula is C15H21FN2O4. The van der Waals surface area contributed by atoms with Crippen LogP contribution in [0.25, 0.3) is 0 Å². The van der Waals surface area contributed by atoms with Crippen LogP contribution < -0.4 is 5.32 Å². The Hall–Kier alpha value is -2.02. The molecule has 0 radical (unpaired) electrons. The molecule has 1 aromatic rings. The van der Waals surface area contributed by atoms with Gasteiger partial charge in [0.25, 0.3) is 11.6 Å². The number of hydrogen-bond acceptors (Lipinski definition) is 4. The fourth-order valence-electron chi connectivity index (χ4n) is 2.44. The van der Waals surface area contributed by atoms with Crippen LogP contribution in [0.15, 0.2) is 12.1 Å². The topological polar surface area (TPSA) is 92.5 Å². The molecule has 0 spiro atoms. The Morgan fingerprint density at radius 3 is 2.50 bits per heavy atom. The minimum Gasteiger partial charge on any atom is -0.391 e. The van der Waals surface area contributed by atoms with Crippen molar-refractivity contribution in [2.75, 3.05) is 6.54 Å². The van der Waals surface area contributed by atoms with Gasteiger partial charge in [-0.25, -0.2) is 4.39 Å². The third kappa shape index (κ3) is 4.24. The molecule has 2 N–H and O–H groups in total. The van der Waals surface area contributed by atoms with Crippen LogP contribution >= 0.6 is 0 Å². The number of nitro benzene ring substituents is 1. The van der Waals surface area contributed by atoms with Crippen LogP contribution in [0.2, 0.25) is 0 Å². The van der Waals surface area contributed by atoms with Crippen LogP contribution in [0, 0.1) is 28.8 Å². The van der Waals surface area contributed by atoms with E-state index < -0.39 is 28.4 Å². The Morgan fingerprint density at radius 2 is 2.00 bits per heavy atom. The molecule has 1 amide bonds. The molecule has 0 saturated carbocycles. The zero-order valence-electron chi connectivity index (χ0n) is 12.9. The van der Waals surface area contributed by atoms with Crippen molar-refractivity contribution < 1.29 is 19.2 Å². The van der Waals surface area contributed by atoms with Crippen LogP contribution in [-0.2, 0) is 0 Å². The smallest absolute Gasteiger partial charge is 0.285 e. The number of nitrogens with one attached hydrogen (secondary N) is 1. The maximum absolute atomic E-state index is 13.4. The van der Waals surface area contributed by atoms with Gasteiger partial charge < -0.3 is 10.4 Å². The number of amides is 1. The molecule has 122 valence electrons. The largest absolute Gasteiger partial charge is 0.391 e. The van der Waals surface area contributed by atoms with E-state index in [2.05, 4.69) is 5.32 Å². The number of rotatable bonds is 7. The van der Waals surface area contributed by atoms with Crippen LogP contribution in [0.1, 0.15) is 42.6 Å². The summed E-state index contributed by atoms with van der Waals surface area (Å²) in [6.07, 6.45) is 0.771. The second-order valence-electron chi connectivity index (χ2n) is 5.23. The molecule has 0 aliphatic heterocycles. The SMILES string of the molecule is CCC(CC)C(O)CNC(=O)c1cc(F)cc(C)c1[N+](=O)[O-]. The highest BCUT2D eigenvalue weighted by Gasteiger charge is 2.25. The van der Waals surface area contributed by atoms with Crippen molar-refractivity contribution in [1.29, 1.82) is 0 Å². The van der Waals surface area contributed by atoms with Gasteiger partial charge in [-0.05, 0) is 25.0 Å². The lowest BCUT2D eigenvalue weighted by molar-refractivity contribution is -0.385. The molecule has 0 saturated heterocycles. The lowest BCUT2D eigenvalue weighted by Crippen LogP contribution is -2.36. The van der Waals surface area contributed by atoms with Crippen molar-refractivity contribution in [3.63, 3.8) is 0 Å². The van der Waals surface area contributed by atoms with E-state index in [1.807, 2.05) is 13.8 Å². The molecular weight excluding hydrogens is 291 g/mol. The first-order chi connectivity index (χ1) is 10.3. The summed E-state index contributed by atoms with van der Waals surface area (Å²) in [6.45, 7) is 5.20. The normalized spacial score (nSPS) is 12.3. The number of nitro groups is 1. The summed E-state index contributed by atoms with van der Waals surface area (Å²) in [6, 6.07) is 1.85. The Balaban J connectivity index is 2.92. The van der Waals surface area contributed by atoms with E-state index in [-0.39, 0.29) is 23.6 Å². The number of benzene rings is 1. The molecule has 6 nitrogen and oxygen atoms in total. The van der Waals surface area contributed by atoms with Gasteiger partial charge >= 0.3 is 0 Å². The van der Waals surface area contributed by atoms with Gasteiger partial charge in [0.05, 0.1) is 11.0 Å². The van der Waals surface area contributed by atoms with Crippen molar-refractivity contribution in [2.45, 2.75) is 39.7 Å². The maximum Gasteiger partial charge on any atom is 0.285 e. The van der Waals surface area contributed by atoms with Gasteiger partial charge in [-0.2, -0.15) is 0 Å². The summed E-state index contributed by atoms with van der Waals surface area (Å²) in [4.78, 5) is 22.4. The highest BCUT2D eigenvalue weighted by molar-refractivity contribution is 5.98. The zero-order valence-corrected chi connectivity index (χ0v) is 12.9. The van der Waals surface area contributed by atoms with Gasteiger partial charge in [-0.1, -0.05) is 26.7 Å². The van der Waals surface area contributed by atoms with Crippen molar-refractivity contribution in [3.8, 4) is 0 Å². The minimum atomic E-state index is -0.765. The number of carbonyl (C=O) groups is 1. The number of aryl methyl sites for hydroxylation is 1. The van der Waals surface area contributed by atoms with Gasteiger partial charge in [0.1, 0.15) is 11.4 Å². The summed E-state index contributed by atoms with van der Waals surface area (Å²) < 4.78 is 13.4. The van der Waals surface area contributed by atoms with Crippen molar-refractivity contribution in [1.82, 2.24) is 5.32 Å². The van der Waals surface area contributed by atoms with Gasteiger partial charge in [-0.3, -0.25) is 14.9 Å². The summed E-state index contributed by atoms with van der Waals surface area (Å²) in [5.41, 5.74) is -0.675. The van der Waals surface area contributed by atoms with Crippen molar-refractivity contribution in [3.05, 3.63) is 39.2 Å². The average molecular weight is 312 g/mol. The van der Waals surface area contributed by atoms with Gasteiger partial charge in [0.2, 0.25) is 0 Å². The third-order valence-corrected chi connectivity index (χ3v) is 3.76. The van der Waals surface area contributed by atoms with Gasteiger partial charge in [-0.15, -0.1) is 0 Å². The fraction of sp³-hybridized carbons (Fsp3) is 0.533. The Bertz CT molecular complexity index is 559. The highest BCUT2D eigenvalue weighted by Crippen LogP contribution is 2.24. The molecule has 0 fully saturated rings. The third-order valence-electron chi connectivity index (χ3n) is 3.76. The van der Waals surface area contributed by atoms with Crippen molar-refractivity contribution in [2.24, 2.45) is 5.92 Å². The first-order valence-electron chi connectivity index (χ1n) is 7.22. The molecule has 0 aliphatic carbocycles. The monoisotopic (exact) mass is 312 g/mol. The van der Waals surface area contributed by atoms with Crippen LogP contribution in [0.3, 0.4) is 0 Å². The van der Waals surface area contributed by atoms with E-state index >= 15 is 0 Å². The quantitative estimate of drug-likeness (QED) is 0.598. The molecule has 1 aromatic carbocycles. The molecule has 1 unspecified atom stereocenters. The molecule has 1 atom stereocenters. The number of carbonyl (C=O) groups excluding carboxylic acids is 1.